The Hall–Kier alpha value is -0.540. The molecule has 0 saturated carbocycles. The fourth-order valence-electron chi connectivity index (χ4n) is 2.51. The maximum Gasteiger partial charge on any atom is 0.0430 e. The zero-order chi connectivity index (χ0) is 9.54. The lowest BCUT2D eigenvalue weighted by molar-refractivity contribution is 0.580. The minimum atomic E-state index is 0.723. The van der Waals surface area contributed by atoms with Gasteiger partial charge in [-0.25, -0.2) is 0 Å². The standard InChI is InChI=1S/C11H13BrN2/c12-8-1-3-10(4-2-8)14-7-9-5-11(14)6-13-9/h1-4,9,11,13H,5-7H2. The quantitative estimate of drug-likeness (QED) is 0.823. The summed E-state index contributed by atoms with van der Waals surface area (Å²) in [7, 11) is 0. The third kappa shape index (κ3) is 1.35. The number of fused-ring (bicyclic) bond motifs is 2. The van der Waals surface area contributed by atoms with E-state index in [9.17, 15) is 0 Å². The van der Waals surface area contributed by atoms with Crippen molar-refractivity contribution in [3.63, 3.8) is 0 Å². The van der Waals surface area contributed by atoms with Crippen LogP contribution >= 0.6 is 15.9 Å². The summed E-state index contributed by atoms with van der Waals surface area (Å²) in [6.07, 6.45) is 1.32. The minimum absolute atomic E-state index is 0.723. The highest BCUT2D eigenvalue weighted by atomic mass is 79.9. The van der Waals surface area contributed by atoms with Gasteiger partial charge in [0.2, 0.25) is 0 Å². The van der Waals surface area contributed by atoms with Crippen LogP contribution in [-0.2, 0) is 0 Å². The van der Waals surface area contributed by atoms with Crippen LogP contribution in [0.2, 0.25) is 0 Å². The predicted molar refractivity (Wildman–Crippen MR) is 61.7 cm³/mol. The van der Waals surface area contributed by atoms with Crippen molar-refractivity contribution in [2.45, 2.75) is 18.5 Å². The molecule has 1 aromatic rings. The van der Waals surface area contributed by atoms with Gasteiger partial charge in [0.15, 0.2) is 0 Å². The normalized spacial score (nSPS) is 29.9. The van der Waals surface area contributed by atoms with E-state index in [1.807, 2.05) is 0 Å². The molecule has 2 nitrogen and oxygen atoms in total. The van der Waals surface area contributed by atoms with Crippen LogP contribution in [0.1, 0.15) is 6.42 Å². The largest absolute Gasteiger partial charge is 0.366 e. The molecule has 2 saturated heterocycles. The summed E-state index contributed by atoms with van der Waals surface area (Å²) in [6.45, 7) is 2.33. The van der Waals surface area contributed by atoms with E-state index in [1.165, 1.54) is 18.7 Å². The van der Waals surface area contributed by atoms with Crippen LogP contribution in [0.5, 0.6) is 0 Å². The zero-order valence-electron chi connectivity index (χ0n) is 7.91. The van der Waals surface area contributed by atoms with Gasteiger partial charge in [-0.2, -0.15) is 0 Å². The molecule has 1 aromatic carbocycles. The number of hydrogen-bond donors (Lipinski definition) is 1. The molecule has 74 valence electrons. The zero-order valence-corrected chi connectivity index (χ0v) is 9.50. The van der Waals surface area contributed by atoms with Crippen LogP contribution in [-0.4, -0.2) is 25.2 Å². The first-order valence-electron chi connectivity index (χ1n) is 5.08. The van der Waals surface area contributed by atoms with Crippen molar-refractivity contribution < 1.29 is 0 Å². The van der Waals surface area contributed by atoms with Crippen LogP contribution in [0.3, 0.4) is 0 Å². The van der Waals surface area contributed by atoms with Crippen molar-refractivity contribution in [1.82, 2.24) is 5.32 Å². The third-order valence-electron chi connectivity index (χ3n) is 3.21. The molecular weight excluding hydrogens is 240 g/mol. The maximum atomic E-state index is 3.52. The first-order chi connectivity index (χ1) is 6.83. The molecule has 3 rings (SSSR count). The highest BCUT2D eigenvalue weighted by Crippen LogP contribution is 2.29. The molecule has 2 aliphatic heterocycles. The Bertz CT molecular complexity index is 336. The van der Waals surface area contributed by atoms with Crippen molar-refractivity contribution in [1.29, 1.82) is 0 Å². The molecule has 2 bridgehead atoms. The number of nitrogens with zero attached hydrogens (tertiary/aromatic N) is 1. The van der Waals surface area contributed by atoms with Gasteiger partial charge in [-0.1, -0.05) is 15.9 Å². The van der Waals surface area contributed by atoms with E-state index in [-0.39, 0.29) is 0 Å². The Morgan fingerprint density at radius 3 is 2.64 bits per heavy atom. The summed E-state index contributed by atoms with van der Waals surface area (Å²) in [4.78, 5) is 2.52. The van der Waals surface area contributed by atoms with Crippen molar-refractivity contribution in [3.8, 4) is 0 Å². The molecule has 1 N–H and O–H groups in total. The molecule has 14 heavy (non-hydrogen) atoms. The summed E-state index contributed by atoms with van der Waals surface area (Å²) < 4.78 is 1.16. The van der Waals surface area contributed by atoms with E-state index in [4.69, 9.17) is 0 Å². The third-order valence-corrected chi connectivity index (χ3v) is 3.74. The van der Waals surface area contributed by atoms with Crippen molar-refractivity contribution in [3.05, 3.63) is 28.7 Å². The van der Waals surface area contributed by atoms with E-state index >= 15 is 0 Å². The fourth-order valence-corrected chi connectivity index (χ4v) is 2.77. The average molecular weight is 253 g/mol. The van der Waals surface area contributed by atoms with E-state index in [1.54, 1.807) is 0 Å². The lowest BCUT2D eigenvalue weighted by Crippen LogP contribution is -2.43. The summed E-state index contributed by atoms with van der Waals surface area (Å²) in [5, 5.41) is 3.52. The van der Waals surface area contributed by atoms with Gasteiger partial charge in [0, 0.05) is 35.3 Å². The van der Waals surface area contributed by atoms with Crippen molar-refractivity contribution in [2.24, 2.45) is 0 Å². The molecule has 2 aliphatic rings. The number of nitrogens with one attached hydrogen (secondary N) is 1. The number of piperazine rings is 1. The molecule has 2 atom stereocenters. The molecule has 0 amide bonds. The van der Waals surface area contributed by atoms with Gasteiger partial charge >= 0.3 is 0 Å². The smallest absolute Gasteiger partial charge is 0.0430 e. The van der Waals surface area contributed by atoms with Gasteiger partial charge in [0.25, 0.3) is 0 Å². The molecular formula is C11H13BrN2. The second-order valence-electron chi connectivity index (χ2n) is 4.12. The SMILES string of the molecule is Brc1ccc(N2CC3CC2CN3)cc1. The molecule has 0 aromatic heterocycles. The molecule has 2 heterocycles. The van der Waals surface area contributed by atoms with Gasteiger partial charge in [-0.15, -0.1) is 0 Å². The second-order valence-corrected chi connectivity index (χ2v) is 5.04. The Balaban J connectivity index is 1.86. The van der Waals surface area contributed by atoms with Gasteiger partial charge in [0.05, 0.1) is 0 Å². The summed E-state index contributed by atoms with van der Waals surface area (Å²) in [5.41, 5.74) is 1.36. The van der Waals surface area contributed by atoms with Gasteiger partial charge in [-0.05, 0) is 30.7 Å². The molecule has 3 heteroatoms. The van der Waals surface area contributed by atoms with Crippen LogP contribution in [0.4, 0.5) is 5.69 Å². The van der Waals surface area contributed by atoms with Crippen LogP contribution in [0, 0.1) is 0 Å². The van der Waals surface area contributed by atoms with Crippen LogP contribution in [0.15, 0.2) is 28.7 Å². The fraction of sp³-hybridized carbons (Fsp3) is 0.455. The lowest BCUT2D eigenvalue weighted by Gasteiger charge is -2.29. The number of hydrogen-bond acceptors (Lipinski definition) is 2. The Morgan fingerprint density at radius 1 is 1.29 bits per heavy atom. The molecule has 0 spiro atoms. The summed E-state index contributed by atoms with van der Waals surface area (Å²) in [5.74, 6) is 0. The maximum absolute atomic E-state index is 3.52. The monoisotopic (exact) mass is 252 g/mol. The van der Waals surface area contributed by atoms with Crippen molar-refractivity contribution >= 4 is 21.6 Å². The Labute approximate surface area is 92.4 Å². The Morgan fingerprint density at radius 2 is 2.07 bits per heavy atom. The molecule has 2 fully saturated rings. The van der Waals surface area contributed by atoms with E-state index < -0.39 is 0 Å². The molecule has 0 radical (unpaired) electrons. The first kappa shape index (κ1) is 8.74. The lowest BCUT2D eigenvalue weighted by atomic mass is 10.2. The number of benzene rings is 1. The highest BCUT2D eigenvalue weighted by Gasteiger charge is 2.37. The topological polar surface area (TPSA) is 15.3 Å². The molecule has 0 aliphatic carbocycles. The minimum Gasteiger partial charge on any atom is -0.366 e. The second kappa shape index (κ2) is 3.24. The van der Waals surface area contributed by atoms with Gasteiger partial charge in [-0.3, -0.25) is 0 Å². The Kier molecular flexibility index (Phi) is 2.03. The predicted octanol–water partition coefficient (Wildman–Crippen LogP) is 2.00. The van der Waals surface area contributed by atoms with Gasteiger partial charge < -0.3 is 10.2 Å². The van der Waals surface area contributed by atoms with E-state index in [0.717, 1.165) is 23.1 Å². The van der Waals surface area contributed by atoms with Crippen molar-refractivity contribution in [2.75, 3.05) is 18.0 Å². The van der Waals surface area contributed by atoms with Gasteiger partial charge in [0.1, 0.15) is 0 Å². The number of halogens is 1. The summed E-state index contributed by atoms with van der Waals surface area (Å²) >= 11 is 3.46. The van der Waals surface area contributed by atoms with E-state index in [2.05, 4.69) is 50.4 Å². The summed E-state index contributed by atoms with van der Waals surface area (Å²) in [6, 6.07) is 10.1. The van der Waals surface area contributed by atoms with Crippen LogP contribution < -0.4 is 10.2 Å². The first-order valence-corrected chi connectivity index (χ1v) is 5.88. The highest BCUT2D eigenvalue weighted by molar-refractivity contribution is 9.10. The number of anilines is 1. The number of rotatable bonds is 1. The van der Waals surface area contributed by atoms with E-state index in [0.29, 0.717) is 0 Å². The van der Waals surface area contributed by atoms with Crippen LogP contribution in [0.25, 0.3) is 0 Å². The average Bonchev–Trinajstić information content (AvgIpc) is 2.80. The molecule has 2 unspecified atom stereocenters.